The van der Waals surface area contributed by atoms with Crippen LogP contribution in [0.1, 0.15) is 33.4 Å². The minimum atomic E-state index is -1.45. The minimum Gasteiger partial charge on any atom is -0.550 e. The van der Waals surface area contributed by atoms with Gasteiger partial charge in [0, 0.05) is 32.3 Å². The molecule has 1 aromatic heterocycles. The van der Waals surface area contributed by atoms with Gasteiger partial charge < -0.3 is 28.8 Å². The van der Waals surface area contributed by atoms with Crippen molar-refractivity contribution in [2.75, 3.05) is 6.61 Å². The summed E-state index contributed by atoms with van der Waals surface area (Å²) >= 11 is 0. The van der Waals surface area contributed by atoms with Gasteiger partial charge in [-0.2, -0.15) is 0 Å². The molecule has 1 aliphatic rings. The van der Waals surface area contributed by atoms with Crippen molar-refractivity contribution in [1.29, 1.82) is 0 Å². The number of esters is 3. The highest BCUT2D eigenvalue weighted by atomic mass is 16.6. The summed E-state index contributed by atoms with van der Waals surface area (Å²) in [7, 11) is 0. The molecule has 0 bridgehead atoms. The van der Waals surface area contributed by atoms with Gasteiger partial charge in [-0.1, -0.05) is 35.5 Å². The van der Waals surface area contributed by atoms with Crippen molar-refractivity contribution >= 4 is 23.9 Å². The number of hydrogen-bond acceptors (Lipinski definition) is 11. The van der Waals surface area contributed by atoms with E-state index in [4.69, 9.17) is 18.9 Å². The SMILES string of the molecule is CC(=O)OC[C@H]1O[C@H](n2cc(-c3ccccc3)nn2)[C@@H](CC(=O)[O-])[C@H](OC(C)=O)[C@H]1OC(C)=O. The Balaban J connectivity index is 2.03. The first-order valence-corrected chi connectivity index (χ1v) is 10.5. The fourth-order valence-corrected chi connectivity index (χ4v) is 3.80. The van der Waals surface area contributed by atoms with Crippen LogP contribution in [0.4, 0.5) is 0 Å². The van der Waals surface area contributed by atoms with E-state index in [1.54, 1.807) is 6.20 Å². The molecule has 182 valence electrons. The van der Waals surface area contributed by atoms with Crippen molar-refractivity contribution in [2.24, 2.45) is 5.92 Å². The van der Waals surface area contributed by atoms with Crippen LogP contribution in [-0.2, 0) is 38.1 Å². The molecule has 1 saturated heterocycles. The van der Waals surface area contributed by atoms with E-state index in [2.05, 4.69) is 10.3 Å². The summed E-state index contributed by atoms with van der Waals surface area (Å²) < 4.78 is 23.1. The topological polar surface area (TPSA) is 159 Å². The van der Waals surface area contributed by atoms with Gasteiger partial charge in [0.25, 0.3) is 0 Å². The van der Waals surface area contributed by atoms with Gasteiger partial charge in [-0.05, 0) is 6.42 Å². The second-order valence-electron chi connectivity index (χ2n) is 7.71. The van der Waals surface area contributed by atoms with Gasteiger partial charge in [0.2, 0.25) is 0 Å². The van der Waals surface area contributed by atoms with E-state index in [0.717, 1.165) is 19.4 Å². The summed E-state index contributed by atoms with van der Waals surface area (Å²) in [6.45, 7) is 3.11. The predicted molar refractivity (Wildman–Crippen MR) is 110 cm³/mol. The summed E-state index contributed by atoms with van der Waals surface area (Å²) in [4.78, 5) is 46.7. The van der Waals surface area contributed by atoms with Crippen molar-refractivity contribution in [3.8, 4) is 11.3 Å². The first-order chi connectivity index (χ1) is 16.2. The molecule has 1 aliphatic heterocycles. The zero-order valence-corrected chi connectivity index (χ0v) is 18.8. The lowest BCUT2D eigenvalue weighted by atomic mass is 9.87. The average molecular weight is 474 g/mol. The van der Waals surface area contributed by atoms with Gasteiger partial charge in [0.1, 0.15) is 24.5 Å². The number of nitrogens with zero attached hydrogens (tertiary/aromatic N) is 3. The lowest BCUT2D eigenvalue weighted by Gasteiger charge is -2.45. The smallest absolute Gasteiger partial charge is 0.303 e. The zero-order chi connectivity index (χ0) is 24.8. The second-order valence-corrected chi connectivity index (χ2v) is 7.71. The largest absolute Gasteiger partial charge is 0.550 e. The number of carboxylic acids is 1. The Morgan fingerprint density at radius 3 is 2.24 bits per heavy atom. The fraction of sp³-hybridized carbons (Fsp3) is 0.455. The van der Waals surface area contributed by atoms with Crippen LogP contribution in [-0.4, -0.2) is 63.8 Å². The third-order valence-corrected chi connectivity index (χ3v) is 5.09. The Bertz CT molecular complexity index is 1040. The predicted octanol–water partition coefficient (Wildman–Crippen LogP) is 0.0252. The van der Waals surface area contributed by atoms with Crippen LogP contribution in [0.5, 0.6) is 0 Å². The van der Waals surface area contributed by atoms with E-state index >= 15 is 0 Å². The van der Waals surface area contributed by atoms with Crippen molar-refractivity contribution in [2.45, 2.75) is 51.7 Å². The molecule has 0 saturated carbocycles. The number of ether oxygens (including phenoxy) is 4. The Kier molecular flexibility index (Phi) is 7.95. The molecule has 0 spiro atoms. The summed E-state index contributed by atoms with van der Waals surface area (Å²) in [6, 6.07) is 9.11. The van der Waals surface area contributed by atoms with Crippen LogP contribution >= 0.6 is 0 Å². The summed E-state index contributed by atoms with van der Waals surface area (Å²) in [6.07, 6.45) is -3.80. The summed E-state index contributed by atoms with van der Waals surface area (Å²) in [5.74, 6) is -4.59. The maximum atomic E-state index is 11.9. The third-order valence-electron chi connectivity index (χ3n) is 5.09. The number of rotatable bonds is 8. The van der Waals surface area contributed by atoms with Crippen LogP contribution in [0.2, 0.25) is 0 Å². The second kappa shape index (κ2) is 10.9. The number of carboxylic acid groups (broad SMARTS) is 1. The van der Waals surface area contributed by atoms with Gasteiger partial charge in [-0.25, -0.2) is 4.68 Å². The molecule has 0 amide bonds. The molecule has 34 heavy (non-hydrogen) atoms. The van der Waals surface area contributed by atoms with E-state index in [1.165, 1.54) is 11.6 Å². The van der Waals surface area contributed by atoms with Gasteiger partial charge in [0.05, 0.1) is 12.1 Å². The molecular weight excluding hydrogens is 450 g/mol. The molecule has 12 nitrogen and oxygen atoms in total. The van der Waals surface area contributed by atoms with Crippen molar-refractivity contribution < 1.29 is 43.2 Å². The van der Waals surface area contributed by atoms with Crippen molar-refractivity contribution in [3.63, 3.8) is 0 Å². The van der Waals surface area contributed by atoms with Gasteiger partial charge in [-0.15, -0.1) is 5.10 Å². The minimum absolute atomic E-state index is 0.347. The van der Waals surface area contributed by atoms with Crippen LogP contribution in [0.3, 0.4) is 0 Å². The van der Waals surface area contributed by atoms with Gasteiger partial charge in [0.15, 0.2) is 12.3 Å². The molecule has 2 aromatic rings. The highest BCUT2D eigenvalue weighted by molar-refractivity contribution is 5.68. The normalized spacial score (nSPS) is 24.1. The number of hydrogen-bond donors (Lipinski definition) is 0. The molecule has 5 atom stereocenters. The van der Waals surface area contributed by atoms with E-state index in [0.29, 0.717) is 5.69 Å². The number of carbonyl (C=O) groups is 4. The van der Waals surface area contributed by atoms with E-state index in [-0.39, 0.29) is 6.61 Å². The molecule has 3 rings (SSSR count). The highest BCUT2D eigenvalue weighted by Gasteiger charge is 2.51. The Labute approximate surface area is 194 Å². The number of benzene rings is 1. The monoisotopic (exact) mass is 474 g/mol. The molecule has 0 unspecified atom stereocenters. The molecule has 12 heteroatoms. The molecule has 0 radical (unpaired) electrons. The quantitative estimate of drug-likeness (QED) is 0.375. The van der Waals surface area contributed by atoms with Crippen LogP contribution in [0, 0.1) is 5.92 Å². The first-order valence-electron chi connectivity index (χ1n) is 10.5. The Hall–Kier alpha value is -3.80. The maximum Gasteiger partial charge on any atom is 0.303 e. The molecule has 0 N–H and O–H groups in total. The van der Waals surface area contributed by atoms with E-state index in [1.807, 2.05) is 30.3 Å². The molecule has 2 heterocycles. The lowest BCUT2D eigenvalue weighted by molar-refractivity contribution is -0.313. The van der Waals surface area contributed by atoms with Crippen LogP contribution in [0.15, 0.2) is 36.5 Å². The Morgan fingerprint density at radius 2 is 1.65 bits per heavy atom. The van der Waals surface area contributed by atoms with Crippen LogP contribution in [0.25, 0.3) is 11.3 Å². The maximum absolute atomic E-state index is 11.9. The number of aliphatic carboxylic acids is 1. The molecule has 1 fully saturated rings. The Morgan fingerprint density at radius 1 is 1.00 bits per heavy atom. The lowest BCUT2D eigenvalue weighted by Crippen LogP contribution is -2.58. The molecular formula is C22H24N3O9-. The molecule has 0 aliphatic carbocycles. The van der Waals surface area contributed by atoms with Gasteiger partial charge >= 0.3 is 17.9 Å². The standard InChI is InChI=1S/C22H25N3O9/c1-12(26)31-11-18-21(33-14(3)28)20(32-13(2)27)16(9-19(29)30)22(34-18)25-10-17(23-24-25)15-7-5-4-6-8-15/h4-8,10,16,18,20-22H,9,11H2,1-3H3,(H,29,30)/p-1/t16-,18+,20-,21-,22-/m0/s1. The third kappa shape index (κ3) is 6.16. The van der Waals surface area contributed by atoms with E-state index in [9.17, 15) is 24.3 Å². The average Bonchev–Trinajstić information content (AvgIpc) is 3.25. The summed E-state index contributed by atoms with van der Waals surface area (Å²) in [5.41, 5.74) is 1.24. The number of aromatic nitrogens is 3. The first kappa shape index (κ1) is 24.8. The van der Waals surface area contributed by atoms with E-state index < -0.39 is 60.8 Å². The fourth-order valence-electron chi connectivity index (χ4n) is 3.80. The van der Waals surface area contributed by atoms with Crippen LogP contribution < -0.4 is 5.11 Å². The summed E-state index contributed by atoms with van der Waals surface area (Å²) in [5, 5.41) is 19.8. The van der Waals surface area contributed by atoms with Gasteiger partial charge in [-0.3, -0.25) is 14.4 Å². The number of carbonyl (C=O) groups excluding carboxylic acids is 4. The van der Waals surface area contributed by atoms with Crippen molar-refractivity contribution in [3.05, 3.63) is 36.5 Å². The highest BCUT2D eigenvalue weighted by Crippen LogP contribution is 2.39. The van der Waals surface area contributed by atoms with Crippen molar-refractivity contribution in [1.82, 2.24) is 15.0 Å². The zero-order valence-electron chi connectivity index (χ0n) is 18.8. The molecule has 1 aromatic carbocycles.